The minimum Gasteiger partial charge on any atom is -0.493 e. The Morgan fingerprint density at radius 1 is 1.10 bits per heavy atom. The summed E-state index contributed by atoms with van der Waals surface area (Å²) in [5.74, 6) is -3.62. The lowest BCUT2D eigenvalue weighted by molar-refractivity contribution is -0.421. The predicted molar refractivity (Wildman–Crippen MR) is 189 cm³/mol. The fourth-order valence-electron chi connectivity index (χ4n) is 8.98. The Balaban J connectivity index is 1.23. The molecule has 50 heavy (non-hydrogen) atoms. The van der Waals surface area contributed by atoms with Gasteiger partial charge >= 0.3 is 11.9 Å². The molecule has 5 aliphatic rings. The summed E-state index contributed by atoms with van der Waals surface area (Å²) < 4.78 is 38.1. The van der Waals surface area contributed by atoms with Crippen LogP contribution in [0.15, 0.2) is 77.9 Å². The Bertz CT molecular complexity index is 1850. The first kappa shape index (κ1) is 35.1. The van der Waals surface area contributed by atoms with Crippen LogP contribution in [0.2, 0.25) is 0 Å². The van der Waals surface area contributed by atoms with Gasteiger partial charge in [0, 0.05) is 28.8 Å². The number of rotatable bonds is 9. The SMILES string of the molecule is C=C(C)[C@]12C[C@@H](C)[C@@]34OC(Cc5ccccc5)(O[C@H]1[C@@H]3C=C(COC(=O)Cc1cc(OC)c(OC(C)=O)cc1[125I])C[C@]1(O)C(=O)C(C)=C[C@@H]41)O2. The second-order valence-electron chi connectivity index (χ2n) is 14.4. The van der Waals surface area contributed by atoms with Crippen molar-refractivity contribution in [2.24, 2.45) is 17.8 Å². The summed E-state index contributed by atoms with van der Waals surface area (Å²) >= 11 is 2.07. The van der Waals surface area contributed by atoms with Crippen molar-refractivity contribution in [2.75, 3.05) is 13.7 Å². The molecule has 1 N–H and O–H groups in total. The van der Waals surface area contributed by atoms with Crippen molar-refractivity contribution in [3.8, 4) is 11.5 Å². The summed E-state index contributed by atoms with van der Waals surface area (Å²) in [6.07, 6.45) is 4.04. The number of aliphatic hydroxyl groups is 1. The first-order valence-electron chi connectivity index (χ1n) is 16.8. The van der Waals surface area contributed by atoms with Crippen molar-refractivity contribution in [2.45, 2.75) is 82.3 Å². The van der Waals surface area contributed by atoms with E-state index in [9.17, 15) is 19.5 Å². The minimum atomic E-state index is -1.82. The van der Waals surface area contributed by atoms with Crippen LogP contribution >= 0.6 is 22.6 Å². The molecule has 7 rings (SSSR count). The molecule has 1 unspecified atom stereocenters. The molecule has 3 bridgehead atoms. The Labute approximate surface area is 304 Å². The van der Waals surface area contributed by atoms with Crippen LogP contribution in [0.4, 0.5) is 0 Å². The van der Waals surface area contributed by atoms with E-state index in [1.807, 2.05) is 49.4 Å². The van der Waals surface area contributed by atoms with E-state index in [4.69, 9.17) is 28.4 Å². The van der Waals surface area contributed by atoms with Gasteiger partial charge in [0.15, 0.2) is 17.3 Å². The molecule has 2 heterocycles. The quantitative estimate of drug-likeness (QED) is 0.149. The van der Waals surface area contributed by atoms with Gasteiger partial charge in [-0.05, 0) is 88.8 Å². The number of benzene rings is 2. The van der Waals surface area contributed by atoms with E-state index in [-0.39, 0.29) is 36.9 Å². The third-order valence-electron chi connectivity index (χ3n) is 11.1. The van der Waals surface area contributed by atoms with Gasteiger partial charge in [-0.2, -0.15) is 0 Å². The minimum absolute atomic E-state index is 0.0340. The number of Topliss-reactive ketones (excluding diaryl/α,β-unsaturated/α-hetero) is 1. The second-order valence-corrected chi connectivity index (χ2v) is 15.5. The maximum atomic E-state index is 13.9. The molecule has 8 atom stereocenters. The number of hydrogen-bond donors (Lipinski definition) is 1. The van der Waals surface area contributed by atoms with Crippen molar-refractivity contribution in [1.29, 1.82) is 0 Å². The molecule has 2 saturated heterocycles. The number of methoxy groups -OCH3 is 1. The zero-order valence-electron chi connectivity index (χ0n) is 28.7. The summed E-state index contributed by atoms with van der Waals surface area (Å²) in [5.41, 5.74) is -0.325. The van der Waals surface area contributed by atoms with E-state index in [1.165, 1.54) is 14.0 Å². The summed E-state index contributed by atoms with van der Waals surface area (Å²) in [4.78, 5) is 38.7. The van der Waals surface area contributed by atoms with Gasteiger partial charge < -0.3 is 33.5 Å². The third kappa shape index (κ3) is 5.39. The van der Waals surface area contributed by atoms with Crippen molar-refractivity contribution in [3.05, 3.63) is 92.6 Å². The molecule has 3 fully saturated rings. The molecule has 1 saturated carbocycles. The molecular weight excluding hydrogens is 753 g/mol. The van der Waals surface area contributed by atoms with Gasteiger partial charge in [0.25, 0.3) is 5.97 Å². The maximum Gasteiger partial charge on any atom is 0.310 e. The molecule has 0 spiro atoms. The first-order chi connectivity index (χ1) is 23.7. The molecule has 3 aliphatic carbocycles. The molecule has 0 amide bonds. The highest BCUT2D eigenvalue weighted by Gasteiger charge is 2.79. The second kappa shape index (κ2) is 12.4. The number of fused-ring (bicyclic) bond motifs is 2. The highest BCUT2D eigenvalue weighted by Crippen LogP contribution is 2.68. The zero-order chi connectivity index (χ0) is 35.8. The summed E-state index contributed by atoms with van der Waals surface area (Å²) in [5, 5.41) is 12.5. The van der Waals surface area contributed by atoms with Crippen LogP contribution in [0.5, 0.6) is 11.5 Å². The first-order valence-corrected chi connectivity index (χ1v) is 17.9. The highest BCUT2D eigenvalue weighted by molar-refractivity contribution is 14.1. The van der Waals surface area contributed by atoms with Crippen LogP contribution in [0.3, 0.4) is 0 Å². The molecule has 11 heteroatoms. The van der Waals surface area contributed by atoms with Gasteiger partial charge in [-0.3, -0.25) is 14.4 Å². The number of esters is 2. The van der Waals surface area contributed by atoms with Gasteiger partial charge in [0.05, 0.1) is 25.6 Å². The Morgan fingerprint density at radius 3 is 2.52 bits per heavy atom. The third-order valence-corrected chi connectivity index (χ3v) is 12.1. The van der Waals surface area contributed by atoms with Gasteiger partial charge in [-0.1, -0.05) is 56.0 Å². The zero-order valence-corrected chi connectivity index (χ0v) is 30.9. The molecule has 10 nitrogen and oxygen atoms in total. The smallest absolute Gasteiger partial charge is 0.310 e. The summed E-state index contributed by atoms with van der Waals surface area (Å²) in [6.45, 7) is 11.3. The van der Waals surface area contributed by atoms with Crippen molar-refractivity contribution in [3.63, 3.8) is 0 Å². The molecule has 0 radical (unpaired) electrons. The van der Waals surface area contributed by atoms with Crippen LogP contribution in [-0.4, -0.2) is 65.4 Å². The van der Waals surface area contributed by atoms with Crippen molar-refractivity contribution < 1.29 is 47.9 Å². The van der Waals surface area contributed by atoms with Crippen molar-refractivity contribution in [1.82, 2.24) is 0 Å². The van der Waals surface area contributed by atoms with Crippen LogP contribution in [-0.2, 0) is 46.2 Å². The van der Waals surface area contributed by atoms with E-state index in [0.29, 0.717) is 38.9 Å². The largest absolute Gasteiger partial charge is 0.493 e. The lowest BCUT2D eigenvalue weighted by atomic mass is 9.55. The fraction of sp³-hybridized carbons (Fsp3) is 0.462. The maximum absolute atomic E-state index is 13.9. The summed E-state index contributed by atoms with van der Waals surface area (Å²) in [7, 11) is 1.45. The average molecular weight is 795 g/mol. The van der Waals surface area contributed by atoms with Gasteiger partial charge in [-0.25, -0.2) is 0 Å². The van der Waals surface area contributed by atoms with E-state index in [1.54, 1.807) is 19.1 Å². The van der Waals surface area contributed by atoms with Crippen LogP contribution in [0.25, 0.3) is 0 Å². The number of halogens is 1. The van der Waals surface area contributed by atoms with Crippen LogP contribution in [0.1, 0.15) is 51.7 Å². The molecule has 2 aromatic rings. The van der Waals surface area contributed by atoms with Gasteiger partial charge in [0.2, 0.25) is 0 Å². The van der Waals surface area contributed by atoms with Crippen LogP contribution in [0, 0.1) is 21.3 Å². The highest BCUT2D eigenvalue weighted by atomic mass is 125. The monoisotopic (exact) mass is 794 g/mol. The topological polar surface area (TPSA) is 127 Å². The lowest BCUT2D eigenvalue weighted by Crippen LogP contribution is -2.70. The summed E-state index contributed by atoms with van der Waals surface area (Å²) in [6, 6.07) is 13.1. The molecule has 0 aromatic heterocycles. The van der Waals surface area contributed by atoms with E-state index in [0.717, 1.165) is 11.1 Å². The number of ether oxygens (including phenoxy) is 6. The Morgan fingerprint density at radius 2 is 1.84 bits per heavy atom. The number of carbonyl (C=O) groups excluding carboxylic acids is 3. The average Bonchev–Trinajstić information content (AvgIpc) is 3.36. The van der Waals surface area contributed by atoms with Gasteiger partial charge in [0.1, 0.15) is 23.9 Å². The van der Waals surface area contributed by atoms with Crippen LogP contribution < -0.4 is 9.47 Å². The fourth-order valence-corrected chi connectivity index (χ4v) is 9.60. The molecular formula is C39H41IO10. The van der Waals surface area contributed by atoms with Gasteiger partial charge in [-0.15, -0.1) is 0 Å². The van der Waals surface area contributed by atoms with E-state index < -0.39 is 52.7 Å². The molecule has 2 aromatic carbocycles. The van der Waals surface area contributed by atoms with E-state index >= 15 is 0 Å². The number of carbonyl (C=O) groups is 3. The van der Waals surface area contributed by atoms with E-state index in [2.05, 4.69) is 36.1 Å². The molecule has 2 aliphatic heterocycles. The lowest BCUT2D eigenvalue weighted by Gasteiger charge is -2.59. The number of ketones is 1. The standard InChI is InChI=1S/C39H41IO10/c1-21(2)37-17-23(4)39-28(35(37)48-38(49-37,50-39)19-25-10-8-7-9-11-25)13-26(18-36(44)32(39)12-22(3)34(36)43)20-46-33(42)15-27-14-30(45-6)31(16-29(27)40)47-24(5)41/h7-14,16,23,28,32,35,44H,1,15,17-20H2,2-6H3/t23-,28+,32-,35+,36-,37-,38?,39-/m1/s1/i40-2. The Kier molecular flexibility index (Phi) is 8.70. The molecule has 264 valence electrons. The number of hydrogen-bond acceptors (Lipinski definition) is 10. The normalized spacial score (nSPS) is 35.0. The Hall–Kier alpha value is -3.36. The van der Waals surface area contributed by atoms with Crippen molar-refractivity contribution >= 4 is 40.3 Å². The predicted octanol–water partition coefficient (Wildman–Crippen LogP) is 5.57.